The Bertz CT molecular complexity index is 326. The van der Waals surface area contributed by atoms with Crippen molar-refractivity contribution in [2.75, 3.05) is 0 Å². The first-order valence-electron chi connectivity index (χ1n) is 3.71. The summed E-state index contributed by atoms with van der Waals surface area (Å²) >= 11 is 0. The largest absolute Gasteiger partial charge is 0.217 e. The van der Waals surface area contributed by atoms with Gasteiger partial charge in [0.15, 0.2) is 0 Å². The third-order valence-electron chi connectivity index (χ3n) is 1.61. The van der Waals surface area contributed by atoms with E-state index in [-0.39, 0.29) is 11.6 Å². The van der Waals surface area contributed by atoms with Crippen LogP contribution in [0.15, 0.2) is 12.1 Å². The molecule has 0 amide bonds. The quantitative estimate of drug-likeness (QED) is 0.596. The second-order valence-corrected chi connectivity index (χ2v) is 2.84. The van der Waals surface area contributed by atoms with Crippen molar-refractivity contribution in [3.05, 3.63) is 29.3 Å². The van der Waals surface area contributed by atoms with E-state index in [0.29, 0.717) is 5.56 Å². The molecule has 3 heteroatoms. The van der Waals surface area contributed by atoms with Crippen molar-refractivity contribution in [2.45, 2.75) is 19.8 Å². The zero-order chi connectivity index (χ0) is 9.14. The molecule has 0 spiro atoms. The highest BCUT2D eigenvalue weighted by Gasteiger charge is 2.07. The van der Waals surface area contributed by atoms with Crippen molar-refractivity contribution in [2.24, 2.45) is 0 Å². The van der Waals surface area contributed by atoms with Gasteiger partial charge in [-0.15, -0.1) is 0 Å². The highest BCUT2D eigenvalue weighted by atomic mass is 19.1. The van der Waals surface area contributed by atoms with Crippen molar-refractivity contribution in [3.8, 4) is 6.07 Å². The summed E-state index contributed by atoms with van der Waals surface area (Å²) in [6, 6.07) is 4.91. The fourth-order valence-corrected chi connectivity index (χ4v) is 0.938. The normalized spacial score (nSPS) is 9.92. The summed E-state index contributed by atoms with van der Waals surface area (Å²) in [4.78, 5) is 3.49. The molecule has 1 heterocycles. The second kappa shape index (κ2) is 3.31. The predicted octanol–water partition coefficient (Wildman–Crippen LogP) is 2.22. The van der Waals surface area contributed by atoms with Crippen LogP contribution in [-0.4, -0.2) is 4.98 Å². The Hall–Kier alpha value is -1.43. The van der Waals surface area contributed by atoms with Gasteiger partial charge in [-0.1, -0.05) is 19.9 Å². The molecule has 0 atom stereocenters. The maximum Gasteiger partial charge on any atom is 0.217 e. The molecule has 0 N–H and O–H groups in total. The third-order valence-corrected chi connectivity index (χ3v) is 1.61. The van der Waals surface area contributed by atoms with Gasteiger partial charge in [-0.25, -0.2) is 4.98 Å². The van der Waals surface area contributed by atoms with Crippen LogP contribution in [0.2, 0.25) is 0 Å². The Balaban J connectivity index is 3.14. The van der Waals surface area contributed by atoms with Gasteiger partial charge < -0.3 is 0 Å². The van der Waals surface area contributed by atoms with Crippen molar-refractivity contribution >= 4 is 0 Å². The zero-order valence-corrected chi connectivity index (χ0v) is 7.00. The van der Waals surface area contributed by atoms with Gasteiger partial charge >= 0.3 is 0 Å². The average molecular weight is 164 g/mol. The minimum absolute atomic E-state index is 0.102. The molecule has 0 radical (unpaired) electrons. The summed E-state index contributed by atoms with van der Waals surface area (Å²) < 4.78 is 13.0. The van der Waals surface area contributed by atoms with Crippen LogP contribution in [0.25, 0.3) is 0 Å². The SMILES string of the molecule is CC(C)c1ccc(C#N)nc1F. The van der Waals surface area contributed by atoms with Gasteiger partial charge in [-0.05, 0) is 12.0 Å². The summed E-state index contributed by atoms with van der Waals surface area (Å²) in [5, 5.41) is 8.41. The molecule has 62 valence electrons. The Kier molecular flexibility index (Phi) is 2.39. The van der Waals surface area contributed by atoms with Gasteiger partial charge in [0.05, 0.1) is 0 Å². The molecule has 0 saturated heterocycles. The van der Waals surface area contributed by atoms with Gasteiger partial charge in [0.2, 0.25) is 5.95 Å². The molecule has 0 aliphatic heterocycles. The van der Waals surface area contributed by atoms with Crippen LogP contribution in [0.5, 0.6) is 0 Å². The van der Waals surface area contributed by atoms with Gasteiger partial charge in [0, 0.05) is 5.56 Å². The van der Waals surface area contributed by atoms with E-state index >= 15 is 0 Å². The molecule has 1 aromatic heterocycles. The van der Waals surface area contributed by atoms with Gasteiger partial charge in [-0.2, -0.15) is 9.65 Å². The maximum atomic E-state index is 13.0. The molecule has 1 aromatic rings. The number of hydrogen-bond acceptors (Lipinski definition) is 2. The van der Waals surface area contributed by atoms with Gasteiger partial charge in [0.1, 0.15) is 11.8 Å². The Morgan fingerprint density at radius 3 is 2.58 bits per heavy atom. The van der Waals surface area contributed by atoms with Crippen LogP contribution in [0, 0.1) is 17.3 Å². The summed E-state index contributed by atoms with van der Waals surface area (Å²) in [5.74, 6) is -0.436. The van der Waals surface area contributed by atoms with E-state index in [9.17, 15) is 4.39 Å². The standard InChI is InChI=1S/C9H9FN2/c1-6(2)8-4-3-7(5-11)12-9(8)10/h3-4,6H,1-2H3. The van der Waals surface area contributed by atoms with Gasteiger partial charge in [0.25, 0.3) is 0 Å². The van der Waals surface area contributed by atoms with E-state index in [2.05, 4.69) is 4.98 Å². The Labute approximate surface area is 70.7 Å². The van der Waals surface area contributed by atoms with E-state index in [1.54, 1.807) is 12.1 Å². The molecule has 1 rings (SSSR count). The third kappa shape index (κ3) is 1.59. The van der Waals surface area contributed by atoms with E-state index in [1.165, 1.54) is 6.07 Å². The summed E-state index contributed by atoms with van der Waals surface area (Å²) in [6.07, 6.45) is 0. The summed E-state index contributed by atoms with van der Waals surface area (Å²) in [7, 11) is 0. The monoisotopic (exact) mass is 164 g/mol. The lowest BCUT2D eigenvalue weighted by Gasteiger charge is -2.04. The maximum absolute atomic E-state index is 13.0. The van der Waals surface area contributed by atoms with Crippen LogP contribution in [-0.2, 0) is 0 Å². The van der Waals surface area contributed by atoms with Crippen LogP contribution in [0.4, 0.5) is 4.39 Å². The minimum Gasteiger partial charge on any atom is -0.209 e. The molecule has 2 nitrogen and oxygen atoms in total. The number of aromatic nitrogens is 1. The molecule has 0 unspecified atom stereocenters. The molecule has 0 fully saturated rings. The smallest absolute Gasteiger partial charge is 0.209 e. The Morgan fingerprint density at radius 2 is 2.17 bits per heavy atom. The number of nitriles is 1. The zero-order valence-electron chi connectivity index (χ0n) is 7.00. The first kappa shape index (κ1) is 8.66. The van der Waals surface area contributed by atoms with Crippen molar-refractivity contribution in [1.29, 1.82) is 5.26 Å². The summed E-state index contributed by atoms with van der Waals surface area (Å²) in [5.41, 5.74) is 0.672. The number of nitrogens with zero attached hydrogens (tertiary/aromatic N) is 2. The van der Waals surface area contributed by atoms with Crippen LogP contribution in [0.3, 0.4) is 0 Å². The first-order chi connectivity index (χ1) is 5.65. The van der Waals surface area contributed by atoms with Crippen molar-refractivity contribution in [1.82, 2.24) is 4.98 Å². The highest BCUT2D eigenvalue weighted by Crippen LogP contribution is 2.16. The lowest BCUT2D eigenvalue weighted by atomic mass is 10.1. The molecule has 0 saturated carbocycles. The molecule has 0 aliphatic rings. The van der Waals surface area contributed by atoms with Crippen LogP contribution < -0.4 is 0 Å². The number of hydrogen-bond donors (Lipinski definition) is 0. The molecule has 0 aliphatic carbocycles. The van der Waals surface area contributed by atoms with E-state index < -0.39 is 5.95 Å². The number of rotatable bonds is 1. The minimum atomic E-state index is -0.538. The fraction of sp³-hybridized carbons (Fsp3) is 0.333. The molecule has 12 heavy (non-hydrogen) atoms. The summed E-state index contributed by atoms with van der Waals surface area (Å²) in [6.45, 7) is 3.76. The lowest BCUT2D eigenvalue weighted by molar-refractivity contribution is 0.555. The van der Waals surface area contributed by atoms with E-state index in [1.807, 2.05) is 13.8 Å². The van der Waals surface area contributed by atoms with E-state index in [4.69, 9.17) is 5.26 Å². The topological polar surface area (TPSA) is 36.7 Å². The average Bonchev–Trinajstić information content (AvgIpc) is 2.03. The second-order valence-electron chi connectivity index (χ2n) is 2.84. The van der Waals surface area contributed by atoms with Crippen LogP contribution in [0.1, 0.15) is 31.0 Å². The van der Waals surface area contributed by atoms with E-state index in [0.717, 1.165) is 0 Å². The number of halogens is 1. The molecular formula is C9H9FN2. The van der Waals surface area contributed by atoms with Crippen molar-refractivity contribution in [3.63, 3.8) is 0 Å². The molecule has 0 bridgehead atoms. The predicted molar refractivity (Wildman–Crippen MR) is 43.0 cm³/mol. The lowest BCUT2D eigenvalue weighted by Crippen LogP contribution is -1.97. The van der Waals surface area contributed by atoms with Gasteiger partial charge in [-0.3, -0.25) is 0 Å². The fourth-order valence-electron chi connectivity index (χ4n) is 0.938. The van der Waals surface area contributed by atoms with Crippen molar-refractivity contribution < 1.29 is 4.39 Å². The highest BCUT2D eigenvalue weighted by molar-refractivity contribution is 5.25. The molecule has 0 aromatic carbocycles. The Morgan fingerprint density at radius 1 is 1.50 bits per heavy atom. The molecular weight excluding hydrogens is 155 g/mol. The first-order valence-corrected chi connectivity index (χ1v) is 3.71. The van der Waals surface area contributed by atoms with Crippen LogP contribution >= 0.6 is 0 Å². The number of pyridine rings is 1.